The Kier molecular flexibility index (Phi) is 7.13. The predicted octanol–water partition coefficient (Wildman–Crippen LogP) is 2.27. The highest BCUT2D eigenvalue weighted by molar-refractivity contribution is 6.53. The van der Waals surface area contributed by atoms with Gasteiger partial charge in [-0.25, -0.2) is 0 Å². The highest BCUT2D eigenvalue weighted by Crippen LogP contribution is 1.87. The smallest absolute Gasteiger partial charge is 0.174 e. The molecule has 0 saturated heterocycles. The molecule has 0 bridgehead atoms. The lowest BCUT2D eigenvalue weighted by Crippen LogP contribution is -2.11. The first kappa shape index (κ1) is 11.3. The molecule has 0 aliphatic rings. The molecule has 0 aliphatic carbocycles. The second-order valence-electron chi connectivity index (χ2n) is 2.59. The molecule has 1 aromatic carbocycles. The van der Waals surface area contributed by atoms with Gasteiger partial charge in [0.25, 0.3) is 0 Å². The van der Waals surface area contributed by atoms with Crippen LogP contribution in [0.5, 0.6) is 0 Å². The molecule has 0 aromatic heterocycles. The fraction of sp³-hybridized carbons (Fsp3) is 0.333. The molecule has 0 radical (unpaired) electrons. The van der Waals surface area contributed by atoms with Crippen LogP contribution in [-0.4, -0.2) is 20.4 Å². The van der Waals surface area contributed by atoms with E-state index in [9.17, 15) is 0 Å². The Labute approximate surface area is 84.5 Å². The van der Waals surface area contributed by atoms with Crippen molar-refractivity contribution in [2.24, 2.45) is 0 Å². The summed E-state index contributed by atoms with van der Waals surface area (Å²) in [6, 6.07) is 10.9. The summed E-state index contributed by atoms with van der Waals surface area (Å²) in [5.74, 6) is 0. The maximum absolute atomic E-state index is 2.26. The lowest BCUT2D eigenvalue weighted by Gasteiger charge is -1.94. The highest BCUT2D eigenvalue weighted by atomic mass is 35.5. The fourth-order valence-electron chi connectivity index (χ4n) is 1.03. The predicted molar refractivity (Wildman–Crippen MR) is 54.2 cm³/mol. The van der Waals surface area contributed by atoms with Crippen LogP contribution in [0.1, 0.15) is 13.3 Å². The van der Waals surface area contributed by atoms with Crippen LogP contribution in [0.25, 0.3) is 0 Å². The number of halogens is 1. The lowest BCUT2D eigenvalue weighted by atomic mass is 10.4. The third-order valence-corrected chi connectivity index (χ3v) is 3.77. The van der Waals surface area contributed by atoms with Gasteiger partial charge < -0.3 is 0 Å². The standard InChI is InChI=1S/C6H5.C3H7.ClH.Mg/c1-2-4-6-5-3-1;1-3-2;;/h1-5H;1,3H2,2H3;1H;. The van der Waals surface area contributed by atoms with Crippen molar-refractivity contribution in [1.29, 1.82) is 0 Å². The maximum atomic E-state index is 2.26. The molecule has 0 heterocycles. The van der Waals surface area contributed by atoms with Crippen molar-refractivity contribution < 1.29 is 0 Å². The summed E-state index contributed by atoms with van der Waals surface area (Å²) in [5.41, 5.74) is 0. The van der Waals surface area contributed by atoms with Gasteiger partial charge in [0.05, 0.1) is 0 Å². The van der Waals surface area contributed by atoms with Gasteiger partial charge in [0, 0.05) is 0 Å². The summed E-state index contributed by atoms with van der Waals surface area (Å²) in [6.45, 7) is 2.26. The van der Waals surface area contributed by atoms with Crippen LogP contribution < -0.4 is 3.69 Å². The molecule has 0 spiro atoms. The van der Waals surface area contributed by atoms with Crippen molar-refractivity contribution in [2.45, 2.75) is 17.9 Å². The van der Waals surface area contributed by atoms with Crippen molar-refractivity contribution in [3.8, 4) is 0 Å². The average molecular weight is 181 g/mol. The number of hydrogen-bond donors (Lipinski definition) is 0. The summed E-state index contributed by atoms with van der Waals surface area (Å²) in [5, 5.41) is 0. The van der Waals surface area contributed by atoms with Crippen LogP contribution in [-0.2, 0) is 0 Å². The zero-order chi connectivity index (χ0) is 7.23. The van der Waals surface area contributed by atoms with E-state index in [0.29, 0.717) is 0 Å². The first-order valence-electron chi connectivity index (χ1n) is 3.97. The van der Waals surface area contributed by atoms with E-state index < -0.39 is 0 Å². The van der Waals surface area contributed by atoms with Gasteiger partial charge in [-0.2, -0.15) is 3.69 Å². The number of rotatable bonds is 3. The minimum Gasteiger partial charge on any atom is -0.174 e. The minimum absolute atomic E-state index is 0. The van der Waals surface area contributed by atoms with Gasteiger partial charge in [0.1, 0.15) is 0 Å². The van der Waals surface area contributed by atoms with Crippen LogP contribution in [0.3, 0.4) is 0 Å². The zero-order valence-electron chi connectivity index (χ0n) is 6.92. The van der Waals surface area contributed by atoms with Crippen molar-refractivity contribution in [1.82, 2.24) is 0 Å². The van der Waals surface area contributed by atoms with Crippen molar-refractivity contribution in [2.75, 3.05) is 0 Å². The van der Waals surface area contributed by atoms with E-state index in [4.69, 9.17) is 0 Å². The van der Waals surface area contributed by atoms with Crippen LogP contribution >= 0.6 is 12.4 Å². The normalized spacial score (nSPS) is 8.09. The second kappa shape index (κ2) is 6.95. The molecule has 2 heteroatoms. The molecule has 58 valence electrons. The summed E-state index contributed by atoms with van der Waals surface area (Å²) in [6.07, 6.45) is 1.35. The van der Waals surface area contributed by atoms with Crippen LogP contribution in [0.4, 0.5) is 0 Å². The van der Waals surface area contributed by atoms with Crippen LogP contribution in [0.15, 0.2) is 30.3 Å². The van der Waals surface area contributed by atoms with E-state index in [1.165, 1.54) is 11.0 Å². The molecule has 0 atom stereocenters. The zero-order valence-corrected chi connectivity index (χ0v) is 9.15. The molecule has 1 aromatic rings. The van der Waals surface area contributed by atoms with E-state index in [0.717, 1.165) is 0 Å². The molecular formula is C9H13ClMg. The van der Waals surface area contributed by atoms with Crippen LogP contribution in [0.2, 0.25) is 4.55 Å². The SMILES string of the molecule is CC[CH2][Mg][c]1ccccc1.Cl. The van der Waals surface area contributed by atoms with Gasteiger partial charge in [-0.3, -0.25) is 0 Å². The summed E-state index contributed by atoms with van der Waals surface area (Å²) < 4.78 is 3.05. The number of hydrogen-bond acceptors (Lipinski definition) is 0. The largest absolute Gasteiger partial charge is 0.408 e. The van der Waals surface area contributed by atoms with Gasteiger partial charge in [-0.15, -0.1) is 17.0 Å². The van der Waals surface area contributed by atoms with Crippen LogP contribution in [0, 0.1) is 0 Å². The van der Waals surface area contributed by atoms with Gasteiger partial charge in [0.2, 0.25) is 0 Å². The summed E-state index contributed by atoms with van der Waals surface area (Å²) >= 11 is 0.0886. The van der Waals surface area contributed by atoms with E-state index >= 15 is 0 Å². The van der Waals surface area contributed by atoms with E-state index in [2.05, 4.69) is 37.3 Å². The van der Waals surface area contributed by atoms with E-state index in [1.807, 2.05) is 0 Å². The first-order valence-corrected chi connectivity index (χ1v) is 5.68. The monoisotopic (exact) mass is 180 g/mol. The molecule has 1 rings (SSSR count). The van der Waals surface area contributed by atoms with E-state index in [1.54, 1.807) is 3.69 Å². The highest BCUT2D eigenvalue weighted by Gasteiger charge is 1.94. The molecule has 0 unspecified atom stereocenters. The second-order valence-corrected chi connectivity index (χ2v) is 4.61. The van der Waals surface area contributed by atoms with Gasteiger partial charge in [-0.05, 0) is 0 Å². The Balaban J connectivity index is 0.000001000. The number of benzene rings is 1. The van der Waals surface area contributed by atoms with Crippen molar-refractivity contribution in [3.63, 3.8) is 0 Å². The third-order valence-electron chi connectivity index (χ3n) is 1.66. The molecule has 0 amide bonds. The molecular weight excluding hydrogens is 168 g/mol. The van der Waals surface area contributed by atoms with Crippen molar-refractivity contribution >= 4 is 36.5 Å². The Morgan fingerprint density at radius 1 is 1.18 bits per heavy atom. The lowest BCUT2D eigenvalue weighted by molar-refractivity contribution is 1.08. The third kappa shape index (κ3) is 4.67. The molecule has 11 heavy (non-hydrogen) atoms. The Hall–Kier alpha value is 0.276. The van der Waals surface area contributed by atoms with Gasteiger partial charge in [0.15, 0.2) is 0 Å². The Bertz CT molecular complexity index is 174. The summed E-state index contributed by atoms with van der Waals surface area (Å²) in [4.78, 5) is 0. The Morgan fingerprint density at radius 2 is 1.82 bits per heavy atom. The molecule has 0 fully saturated rings. The van der Waals surface area contributed by atoms with Gasteiger partial charge >= 0.3 is 20.4 Å². The maximum Gasteiger partial charge on any atom is 0.408 e. The molecule has 0 saturated carbocycles. The summed E-state index contributed by atoms with van der Waals surface area (Å²) in [7, 11) is 0. The van der Waals surface area contributed by atoms with Gasteiger partial charge in [-0.1, -0.05) is 43.7 Å². The average Bonchev–Trinajstić information content (AvgIpc) is 2.03. The molecule has 0 N–H and O–H groups in total. The molecule has 0 aliphatic heterocycles. The molecule has 0 nitrogen and oxygen atoms in total. The van der Waals surface area contributed by atoms with E-state index in [-0.39, 0.29) is 32.8 Å². The quantitative estimate of drug-likeness (QED) is 0.627. The van der Waals surface area contributed by atoms with Crippen molar-refractivity contribution in [3.05, 3.63) is 30.3 Å². The topological polar surface area (TPSA) is 0 Å². The fourth-order valence-corrected chi connectivity index (χ4v) is 2.39. The Morgan fingerprint density at radius 3 is 2.36 bits per heavy atom. The first-order chi connectivity index (χ1) is 4.93. The minimum atomic E-state index is 0.